The van der Waals surface area contributed by atoms with Gasteiger partial charge in [0, 0.05) is 0 Å². The van der Waals surface area contributed by atoms with Gasteiger partial charge in [-0.05, 0) is 12.1 Å². The molecule has 3 N–H and O–H groups in total. The van der Waals surface area contributed by atoms with Crippen LogP contribution < -0.4 is 5.73 Å². The largest absolute Gasteiger partial charge is 0.394 e. The Labute approximate surface area is 88.0 Å². The molecule has 0 spiro atoms. The first-order chi connectivity index (χ1) is 5.24. The van der Waals surface area contributed by atoms with Crippen molar-refractivity contribution in [3.63, 3.8) is 0 Å². The van der Waals surface area contributed by atoms with Crippen LogP contribution in [0.3, 0.4) is 0 Å². The van der Waals surface area contributed by atoms with E-state index in [1.807, 2.05) is 0 Å². The molecule has 1 heterocycles. The third kappa shape index (κ3) is 4.38. The molecular formula is C7H11Cl2FN2O. The molecular weight excluding hydrogens is 218 g/mol. The van der Waals surface area contributed by atoms with E-state index in [0.717, 1.165) is 6.20 Å². The standard InChI is InChI=1S/C7H9FN2O.2ClH/c8-5-1-2-7(10-3-5)6(9)4-11;;/h1-3,6,11H,4,9H2;2*1H/t6-;;/m0../s1. The summed E-state index contributed by atoms with van der Waals surface area (Å²) in [5.74, 6) is -0.404. The van der Waals surface area contributed by atoms with E-state index in [4.69, 9.17) is 10.8 Å². The number of rotatable bonds is 2. The summed E-state index contributed by atoms with van der Waals surface area (Å²) >= 11 is 0. The number of halogens is 3. The minimum Gasteiger partial charge on any atom is -0.394 e. The highest BCUT2D eigenvalue weighted by molar-refractivity contribution is 5.85. The molecule has 76 valence electrons. The Morgan fingerprint density at radius 2 is 2.08 bits per heavy atom. The SMILES string of the molecule is Cl.Cl.N[C@@H](CO)c1ccc(F)cn1. The Kier molecular flexibility index (Phi) is 8.15. The Bertz CT molecular complexity index is 232. The van der Waals surface area contributed by atoms with Crippen LogP contribution >= 0.6 is 24.8 Å². The quantitative estimate of drug-likeness (QED) is 0.796. The molecule has 0 amide bonds. The van der Waals surface area contributed by atoms with Crippen LogP contribution in [0.25, 0.3) is 0 Å². The Balaban J connectivity index is 0. The molecule has 0 aromatic carbocycles. The number of hydrogen-bond donors (Lipinski definition) is 2. The fourth-order valence-corrected chi connectivity index (χ4v) is 0.700. The number of pyridine rings is 1. The van der Waals surface area contributed by atoms with Crippen LogP contribution in [0.1, 0.15) is 11.7 Å². The molecule has 1 aromatic heterocycles. The molecule has 0 fully saturated rings. The number of hydrogen-bond acceptors (Lipinski definition) is 3. The molecule has 1 atom stereocenters. The van der Waals surface area contributed by atoms with Crippen molar-refractivity contribution in [2.45, 2.75) is 6.04 Å². The maximum absolute atomic E-state index is 12.3. The second-order valence-corrected chi connectivity index (χ2v) is 2.19. The molecule has 1 rings (SSSR count). The topological polar surface area (TPSA) is 59.1 Å². The van der Waals surface area contributed by atoms with Gasteiger partial charge in [0.1, 0.15) is 5.82 Å². The summed E-state index contributed by atoms with van der Waals surface area (Å²) in [5.41, 5.74) is 5.90. The van der Waals surface area contributed by atoms with Crippen molar-refractivity contribution in [3.05, 3.63) is 29.8 Å². The second kappa shape index (κ2) is 7.03. The lowest BCUT2D eigenvalue weighted by atomic mass is 10.2. The average molecular weight is 229 g/mol. The van der Waals surface area contributed by atoms with E-state index in [0.29, 0.717) is 5.69 Å². The van der Waals surface area contributed by atoms with Crippen molar-refractivity contribution in [1.29, 1.82) is 0 Å². The van der Waals surface area contributed by atoms with Gasteiger partial charge in [-0.3, -0.25) is 4.98 Å². The predicted octanol–water partition coefficient (Wildman–Crippen LogP) is 1.06. The highest BCUT2D eigenvalue weighted by Gasteiger charge is 2.04. The predicted molar refractivity (Wildman–Crippen MR) is 52.7 cm³/mol. The molecule has 0 aliphatic carbocycles. The van der Waals surface area contributed by atoms with Gasteiger partial charge in [-0.25, -0.2) is 4.39 Å². The van der Waals surface area contributed by atoms with Crippen LogP contribution in [0, 0.1) is 5.82 Å². The van der Waals surface area contributed by atoms with Crippen molar-refractivity contribution in [1.82, 2.24) is 4.98 Å². The van der Waals surface area contributed by atoms with Gasteiger partial charge in [-0.1, -0.05) is 0 Å². The monoisotopic (exact) mass is 228 g/mol. The van der Waals surface area contributed by atoms with Gasteiger partial charge in [0.15, 0.2) is 0 Å². The molecule has 0 saturated heterocycles. The van der Waals surface area contributed by atoms with E-state index in [1.165, 1.54) is 12.1 Å². The number of nitrogens with zero attached hydrogens (tertiary/aromatic N) is 1. The lowest BCUT2D eigenvalue weighted by Crippen LogP contribution is -2.15. The third-order valence-electron chi connectivity index (χ3n) is 1.33. The first-order valence-electron chi connectivity index (χ1n) is 3.22. The van der Waals surface area contributed by atoms with Gasteiger partial charge in [-0.15, -0.1) is 24.8 Å². The molecule has 0 saturated carbocycles. The van der Waals surface area contributed by atoms with E-state index in [-0.39, 0.29) is 31.4 Å². The fourth-order valence-electron chi connectivity index (χ4n) is 0.700. The van der Waals surface area contributed by atoms with Crippen molar-refractivity contribution in [3.8, 4) is 0 Å². The van der Waals surface area contributed by atoms with Crippen LogP contribution in [0.15, 0.2) is 18.3 Å². The van der Waals surface area contributed by atoms with Crippen molar-refractivity contribution >= 4 is 24.8 Å². The normalized spacial score (nSPS) is 11.0. The second-order valence-electron chi connectivity index (χ2n) is 2.19. The first kappa shape index (κ1) is 15.1. The summed E-state index contributed by atoms with van der Waals surface area (Å²) in [6, 6.07) is 2.20. The Hall–Kier alpha value is -0.420. The highest BCUT2D eigenvalue weighted by Crippen LogP contribution is 2.05. The molecule has 0 radical (unpaired) electrons. The van der Waals surface area contributed by atoms with Crippen LogP contribution in [-0.2, 0) is 0 Å². The van der Waals surface area contributed by atoms with Gasteiger partial charge in [0.25, 0.3) is 0 Å². The van der Waals surface area contributed by atoms with Crippen molar-refractivity contribution < 1.29 is 9.50 Å². The lowest BCUT2D eigenvalue weighted by molar-refractivity contribution is 0.265. The molecule has 0 unspecified atom stereocenters. The molecule has 1 aromatic rings. The third-order valence-corrected chi connectivity index (χ3v) is 1.33. The summed E-state index contributed by atoms with van der Waals surface area (Å²) in [6.45, 7) is -0.182. The van der Waals surface area contributed by atoms with Crippen LogP contribution in [0.4, 0.5) is 4.39 Å². The van der Waals surface area contributed by atoms with Gasteiger partial charge in [-0.2, -0.15) is 0 Å². The molecule has 13 heavy (non-hydrogen) atoms. The maximum Gasteiger partial charge on any atom is 0.141 e. The minimum absolute atomic E-state index is 0. The molecule has 0 aliphatic heterocycles. The Morgan fingerprint density at radius 3 is 2.46 bits per heavy atom. The Morgan fingerprint density at radius 1 is 1.46 bits per heavy atom. The van der Waals surface area contributed by atoms with Gasteiger partial charge in [0.05, 0.1) is 24.5 Å². The van der Waals surface area contributed by atoms with Crippen molar-refractivity contribution in [2.75, 3.05) is 6.61 Å². The lowest BCUT2D eigenvalue weighted by Gasteiger charge is -2.05. The number of nitrogens with two attached hydrogens (primary N) is 1. The number of aliphatic hydroxyl groups excluding tert-OH is 1. The first-order valence-corrected chi connectivity index (χ1v) is 3.22. The van der Waals surface area contributed by atoms with Gasteiger partial charge < -0.3 is 10.8 Å². The van der Waals surface area contributed by atoms with Gasteiger partial charge >= 0.3 is 0 Å². The molecule has 0 bridgehead atoms. The van der Waals surface area contributed by atoms with Crippen LogP contribution in [0.5, 0.6) is 0 Å². The van der Waals surface area contributed by atoms with E-state index < -0.39 is 11.9 Å². The summed E-state index contributed by atoms with van der Waals surface area (Å²) in [5, 5.41) is 8.60. The maximum atomic E-state index is 12.3. The molecule has 0 aliphatic rings. The van der Waals surface area contributed by atoms with Crippen LogP contribution in [-0.4, -0.2) is 16.7 Å². The summed E-state index contributed by atoms with van der Waals surface area (Å²) in [4.78, 5) is 3.69. The molecule has 3 nitrogen and oxygen atoms in total. The minimum atomic E-state index is -0.518. The smallest absolute Gasteiger partial charge is 0.141 e. The van der Waals surface area contributed by atoms with E-state index in [9.17, 15) is 4.39 Å². The van der Waals surface area contributed by atoms with E-state index in [1.54, 1.807) is 0 Å². The van der Waals surface area contributed by atoms with Crippen molar-refractivity contribution in [2.24, 2.45) is 5.73 Å². The summed E-state index contributed by atoms with van der Waals surface area (Å²) < 4.78 is 12.3. The zero-order chi connectivity index (χ0) is 8.27. The van der Waals surface area contributed by atoms with E-state index in [2.05, 4.69) is 4.98 Å². The van der Waals surface area contributed by atoms with Gasteiger partial charge in [0.2, 0.25) is 0 Å². The zero-order valence-corrected chi connectivity index (χ0v) is 8.32. The fraction of sp³-hybridized carbons (Fsp3) is 0.286. The summed E-state index contributed by atoms with van der Waals surface area (Å²) in [7, 11) is 0. The zero-order valence-electron chi connectivity index (χ0n) is 6.68. The number of aromatic nitrogens is 1. The highest BCUT2D eigenvalue weighted by atomic mass is 35.5. The average Bonchev–Trinajstić information content (AvgIpc) is 2.05. The van der Waals surface area contributed by atoms with Crippen LogP contribution in [0.2, 0.25) is 0 Å². The summed E-state index contributed by atoms with van der Waals surface area (Å²) in [6.07, 6.45) is 1.07. The molecule has 6 heteroatoms. The van der Waals surface area contributed by atoms with E-state index >= 15 is 0 Å². The number of aliphatic hydroxyl groups is 1.